The van der Waals surface area contributed by atoms with Crippen LogP contribution in [0.4, 0.5) is 0 Å². The minimum absolute atomic E-state index is 0.0109. The SMILES string of the molecule is Cc1ccsc1CNC(=O)CCCCC(=O)O. The maximum absolute atomic E-state index is 11.4. The van der Waals surface area contributed by atoms with Gasteiger partial charge in [-0.2, -0.15) is 0 Å². The van der Waals surface area contributed by atoms with Gasteiger partial charge < -0.3 is 10.4 Å². The maximum Gasteiger partial charge on any atom is 0.303 e. The van der Waals surface area contributed by atoms with Gasteiger partial charge in [0, 0.05) is 17.7 Å². The van der Waals surface area contributed by atoms with Gasteiger partial charge >= 0.3 is 5.97 Å². The number of carboxylic acids is 1. The number of nitrogens with one attached hydrogen (secondary N) is 1. The molecule has 0 unspecified atom stereocenters. The number of unbranched alkanes of at least 4 members (excludes halogenated alkanes) is 1. The Morgan fingerprint density at radius 2 is 2.06 bits per heavy atom. The molecule has 5 heteroatoms. The second-order valence-corrected chi connectivity index (χ2v) is 4.91. The number of aliphatic carboxylic acids is 1. The van der Waals surface area contributed by atoms with Crippen LogP contribution in [0.2, 0.25) is 0 Å². The highest BCUT2D eigenvalue weighted by atomic mass is 32.1. The highest BCUT2D eigenvalue weighted by Gasteiger charge is 2.04. The molecule has 1 aromatic heterocycles. The fourth-order valence-corrected chi connectivity index (χ4v) is 2.26. The monoisotopic (exact) mass is 255 g/mol. The number of hydrogen-bond acceptors (Lipinski definition) is 3. The predicted molar refractivity (Wildman–Crippen MR) is 67.0 cm³/mol. The van der Waals surface area contributed by atoms with Crippen LogP contribution >= 0.6 is 11.3 Å². The first-order valence-corrected chi connectivity index (χ1v) is 6.49. The van der Waals surface area contributed by atoms with Crippen LogP contribution in [0.3, 0.4) is 0 Å². The summed E-state index contributed by atoms with van der Waals surface area (Å²) in [5, 5.41) is 13.3. The topological polar surface area (TPSA) is 66.4 Å². The zero-order valence-corrected chi connectivity index (χ0v) is 10.7. The second kappa shape index (κ2) is 7.06. The van der Waals surface area contributed by atoms with E-state index in [0.717, 1.165) is 0 Å². The number of amides is 1. The molecule has 0 bridgehead atoms. The van der Waals surface area contributed by atoms with E-state index in [1.54, 1.807) is 11.3 Å². The van der Waals surface area contributed by atoms with Gasteiger partial charge in [-0.1, -0.05) is 0 Å². The predicted octanol–water partition coefficient (Wildman–Crippen LogP) is 2.32. The lowest BCUT2D eigenvalue weighted by atomic mass is 10.2. The summed E-state index contributed by atoms with van der Waals surface area (Å²) in [6.45, 7) is 2.59. The smallest absolute Gasteiger partial charge is 0.303 e. The van der Waals surface area contributed by atoms with Gasteiger partial charge in [0.1, 0.15) is 0 Å². The van der Waals surface area contributed by atoms with Crippen molar-refractivity contribution in [2.45, 2.75) is 39.2 Å². The van der Waals surface area contributed by atoms with Gasteiger partial charge in [0.05, 0.1) is 6.54 Å². The number of thiophene rings is 1. The molecule has 0 spiro atoms. The van der Waals surface area contributed by atoms with Gasteiger partial charge in [-0.05, 0) is 36.8 Å². The molecule has 94 valence electrons. The first kappa shape index (κ1) is 13.7. The quantitative estimate of drug-likeness (QED) is 0.735. The molecule has 0 atom stereocenters. The standard InChI is InChI=1S/C12H17NO3S/c1-9-6-7-17-10(9)8-13-11(14)4-2-3-5-12(15)16/h6-7H,2-5,8H2,1H3,(H,13,14)(H,15,16). The Labute approximate surface area is 105 Å². The van der Waals surface area contributed by atoms with E-state index in [0.29, 0.717) is 25.8 Å². The number of carbonyl (C=O) groups excluding carboxylic acids is 1. The van der Waals surface area contributed by atoms with Crippen molar-refractivity contribution >= 4 is 23.2 Å². The van der Waals surface area contributed by atoms with Crippen molar-refractivity contribution in [2.75, 3.05) is 0 Å². The molecule has 1 heterocycles. The van der Waals surface area contributed by atoms with Crippen LogP contribution in [0.5, 0.6) is 0 Å². The van der Waals surface area contributed by atoms with Crippen LogP contribution in [-0.2, 0) is 16.1 Å². The Hall–Kier alpha value is -1.36. The van der Waals surface area contributed by atoms with E-state index in [9.17, 15) is 9.59 Å². The van der Waals surface area contributed by atoms with Crippen LogP contribution in [0.15, 0.2) is 11.4 Å². The van der Waals surface area contributed by atoms with Crippen molar-refractivity contribution in [1.82, 2.24) is 5.32 Å². The minimum atomic E-state index is -0.806. The Morgan fingerprint density at radius 3 is 2.65 bits per heavy atom. The van der Waals surface area contributed by atoms with E-state index in [2.05, 4.69) is 5.32 Å². The zero-order chi connectivity index (χ0) is 12.7. The summed E-state index contributed by atoms with van der Waals surface area (Å²) in [4.78, 5) is 22.9. The molecule has 4 nitrogen and oxygen atoms in total. The fourth-order valence-electron chi connectivity index (χ4n) is 1.41. The fraction of sp³-hybridized carbons (Fsp3) is 0.500. The molecule has 17 heavy (non-hydrogen) atoms. The lowest BCUT2D eigenvalue weighted by Gasteiger charge is -2.04. The van der Waals surface area contributed by atoms with Gasteiger partial charge in [0.25, 0.3) is 0 Å². The summed E-state index contributed by atoms with van der Waals surface area (Å²) in [6, 6.07) is 2.03. The number of carboxylic acid groups (broad SMARTS) is 1. The van der Waals surface area contributed by atoms with Gasteiger partial charge in [0.15, 0.2) is 0 Å². The summed E-state index contributed by atoms with van der Waals surface area (Å²) < 4.78 is 0. The molecule has 0 aliphatic rings. The second-order valence-electron chi connectivity index (χ2n) is 3.90. The molecule has 0 radical (unpaired) electrons. The third-order valence-corrected chi connectivity index (χ3v) is 3.48. The molecule has 1 rings (SSSR count). The third kappa shape index (κ3) is 5.49. The Kier molecular flexibility index (Phi) is 5.69. The Balaban J connectivity index is 2.13. The summed E-state index contributed by atoms with van der Waals surface area (Å²) in [5.41, 5.74) is 1.20. The van der Waals surface area contributed by atoms with E-state index in [-0.39, 0.29) is 12.3 Å². The van der Waals surface area contributed by atoms with Crippen LogP contribution in [0, 0.1) is 6.92 Å². The molecule has 0 saturated carbocycles. The average molecular weight is 255 g/mol. The third-order valence-electron chi connectivity index (χ3n) is 2.46. The normalized spacial score (nSPS) is 10.2. The summed E-state index contributed by atoms with van der Waals surface area (Å²) >= 11 is 1.63. The highest BCUT2D eigenvalue weighted by Crippen LogP contribution is 2.14. The lowest BCUT2D eigenvalue weighted by molar-refractivity contribution is -0.137. The van der Waals surface area contributed by atoms with Crippen LogP contribution < -0.4 is 5.32 Å². The van der Waals surface area contributed by atoms with Crippen LogP contribution in [0.1, 0.15) is 36.1 Å². The molecular formula is C12H17NO3S. The van der Waals surface area contributed by atoms with E-state index >= 15 is 0 Å². The maximum atomic E-state index is 11.4. The Morgan fingerprint density at radius 1 is 1.35 bits per heavy atom. The molecule has 0 fully saturated rings. The van der Waals surface area contributed by atoms with E-state index in [1.807, 2.05) is 18.4 Å². The molecule has 0 saturated heterocycles. The number of rotatable bonds is 7. The summed E-state index contributed by atoms with van der Waals surface area (Å²) in [5.74, 6) is -0.817. The van der Waals surface area contributed by atoms with Crippen molar-refractivity contribution in [3.05, 3.63) is 21.9 Å². The molecule has 1 amide bonds. The molecule has 2 N–H and O–H groups in total. The first-order chi connectivity index (χ1) is 8.09. The van der Waals surface area contributed by atoms with Crippen molar-refractivity contribution in [1.29, 1.82) is 0 Å². The van der Waals surface area contributed by atoms with Gasteiger partial charge in [-0.25, -0.2) is 0 Å². The largest absolute Gasteiger partial charge is 0.481 e. The molecule has 0 aliphatic carbocycles. The van der Waals surface area contributed by atoms with Crippen molar-refractivity contribution in [3.8, 4) is 0 Å². The van der Waals surface area contributed by atoms with Crippen molar-refractivity contribution in [2.24, 2.45) is 0 Å². The summed E-state index contributed by atoms with van der Waals surface area (Å²) in [6.07, 6.45) is 1.72. The molecular weight excluding hydrogens is 238 g/mol. The molecule has 0 aliphatic heterocycles. The average Bonchev–Trinajstić information content (AvgIpc) is 2.67. The summed E-state index contributed by atoms with van der Waals surface area (Å²) in [7, 11) is 0. The lowest BCUT2D eigenvalue weighted by Crippen LogP contribution is -2.22. The van der Waals surface area contributed by atoms with E-state index in [4.69, 9.17) is 5.11 Å². The molecule has 1 aromatic rings. The molecule has 0 aromatic carbocycles. The highest BCUT2D eigenvalue weighted by molar-refractivity contribution is 7.10. The van der Waals surface area contributed by atoms with E-state index < -0.39 is 5.97 Å². The first-order valence-electron chi connectivity index (χ1n) is 5.61. The van der Waals surface area contributed by atoms with Crippen LogP contribution in [0.25, 0.3) is 0 Å². The van der Waals surface area contributed by atoms with Crippen molar-refractivity contribution < 1.29 is 14.7 Å². The van der Waals surface area contributed by atoms with Gasteiger partial charge in [-0.15, -0.1) is 11.3 Å². The van der Waals surface area contributed by atoms with Crippen molar-refractivity contribution in [3.63, 3.8) is 0 Å². The Bertz CT molecular complexity index is 387. The zero-order valence-electron chi connectivity index (χ0n) is 9.86. The number of carbonyl (C=O) groups is 2. The van der Waals surface area contributed by atoms with Crippen LogP contribution in [-0.4, -0.2) is 17.0 Å². The van der Waals surface area contributed by atoms with Gasteiger partial charge in [-0.3, -0.25) is 9.59 Å². The minimum Gasteiger partial charge on any atom is -0.481 e. The number of aryl methyl sites for hydroxylation is 1. The van der Waals surface area contributed by atoms with Gasteiger partial charge in [0.2, 0.25) is 5.91 Å². The van der Waals surface area contributed by atoms with E-state index in [1.165, 1.54) is 10.4 Å². The number of hydrogen-bond donors (Lipinski definition) is 2.